The van der Waals surface area contributed by atoms with Crippen LogP contribution in [-0.2, 0) is 11.2 Å². The van der Waals surface area contributed by atoms with E-state index in [1.165, 1.54) is 0 Å². The molecule has 1 heterocycles. The number of methoxy groups -OCH3 is 1. The number of anilines is 1. The average molecular weight is 285 g/mol. The maximum absolute atomic E-state index is 12.1. The molecule has 3 rings (SSSR count). The summed E-state index contributed by atoms with van der Waals surface area (Å²) >= 11 is 1.63. The first-order chi connectivity index (χ1) is 9.76. The van der Waals surface area contributed by atoms with E-state index in [4.69, 9.17) is 4.74 Å². The third-order valence-electron chi connectivity index (χ3n) is 3.29. The Balaban J connectivity index is 1.76. The second-order valence-electron chi connectivity index (χ2n) is 4.64. The van der Waals surface area contributed by atoms with Crippen molar-refractivity contribution in [3.05, 3.63) is 54.1 Å². The molecule has 0 fully saturated rings. The topological polar surface area (TPSA) is 38.3 Å². The Hall–Kier alpha value is -1.94. The number of fused-ring (bicyclic) bond motifs is 1. The molecule has 0 radical (unpaired) electrons. The molecule has 0 spiro atoms. The van der Waals surface area contributed by atoms with Gasteiger partial charge < -0.3 is 10.1 Å². The summed E-state index contributed by atoms with van der Waals surface area (Å²) in [6.07, 6.45) is 0.717. The highest BCUT2D eigenvalue weighted by molar-refractivity contribution is 8.01. The molecular formula is C16H15NO2S. The fourth-order valence-corrected chi connectivity index (χ4v) is 3.35. The van der Waals surface area contributed by atoms with Gasteiger partial charge in [0.15, 0.2) is 0 Å². The molecule has 3 nitrogen and oxygen atoms in total. The van der Waals surface area contributed by atoms with Crippen molar-refractivity contribution in [1.29, 1.82) is 0 Å². The SMILES string of the molecule is COc1ccc(CC2Sc3ccccc3NC2=O)cc1. The summed E-state index contributed by atoms with van der Waals surface area (Å²) in [6.45, 7) is 0. The first-order valence-electron chi connectivity index (χ1n) is 6.46. The molecule has 2 aromatic carbocycles. The lowest BCUT2D eigenvalue weighted by molar-refractivity contribution is -0.115. The van der Waals surface area contributed by atoms with Crippen LogP contribution >= 0.6 is 11.8 Å². The van der Waals surface area contributed by atoms with Gasteiger partial charge in [0.2, 0.25) is 5.91 Å². The van der Waals surface area contributed by atoms with E-state index in [1.807, 2.05) is 48.5 Å². The van der Waals surface area contributed by atoms with Gasteiger partial charge in [0.25, 0.3) is 0 Å². The van der Waals surface area contributed by atoms with Crippen LogP contribution in [0.15, 0.2) is 53.4 Å². The molecule has 102 valence electrons. The van der Waals surface area contributed by atoms with Crippen molar-refractivity contribution in [2.24, 2.45) is 0 Å². The molecule has 4 heteroatoms. The van der Waals surface area contributed by atoms with Crippen LogP contribution in [0.5, 0.6) is 5.75 Å². The number of nitrogens with one attached hydrogen (secondary N) is 1. The van der Waals surface area contributed by atoms with E-state index >= 15 is 0 Å². The van der Waals surface area contributed by atoms with E-state index in [0.717, 1.165) is 28.3 Å². The standard InChI is InChI=1S/C16H15NO2S/c1-19-12-8-6-11(7-9-12)10-15-16(18)17-13-4-2-3-5-14(13)20-15/h2-9,15H,10H2,1H3,(H,17,18). The van der Waals surface area contributed by atoms with E-state index in [1.54, 1.807) is 18.9 Å². The van der Waals surface area contributed by atoms with Gasteiger partial charge in [-0.2, -0.15) is 0 Å². The molecule has 0 saturated carbocycles. The molecule has 0 bridgehead atoms. The summed E-state index contributed by atoms with van der Waals surface area (Å²) in [5, 5.41) is 2.88. The number of ether oxygens (including phenoxy) is 1. The Morgan fingerprint density at radius 2 is 1.90 bits per heavy atom. The molecular weight excluding hydrogens is 270 g/mol. The second kappa shape index (κ2) is 5.59. The molecule has 1 aliphatic rings. The number of carbonyl (C=O) groups excluding carboxylic acids is 1. The summed E-state index contributed by atoms with van der Waals surface area (Å²) in [6, 6.07) is 15.8. The monoisotopic (exact) mass is 285 g/mol. The Morgan fingerprint density at radius 3 is 2.65 bits per heavy atom. The zero-order chi connectivity index (χ0) is 13.9. The van der Waals surface area contributed by atoms with Crippen LogP contribution in [0.2, 0.25) is 0 Å². The lowest BCUT2D eigenvalue weighted by Gasteiger charge is -2.24. The maximum atomic E-state index is 12.1. The van der Waals surface area contributed by atoms with Crippen LogP contribution in [-0.4, -0.2) is 18.3 Å². The number of hydrogen-bond acceptors (Lipinski definition) is 3. The van der Waals surface area contributed by atoms with Crippen LogP contribution in [0.1, 0.15) is 5.56 Å². The zero-order valence-electron chi connectivity index (χ0n) is 11.1. The lowest BCUT2D eigenvalue weighted by atomic mass is 10.1. The Labute approximate surface area is 122 Å². The van der Waals surface area contributed by atoms with Gasteiger partial charge in [-0.15, -0.1) is 11.8 Å². The second-order valence-corrected chi connectivity index (χ2v) is 5.89. The third kappa shape index (κ3) is 2.65. The molecule has 0 aliphatic carbocycles. The van der Waals surface area contributed by atoms with Crippen molar-refractivity contribution < 1.29 is 9.53 Å². The molecule has 1 amide bonds. The molecule has 1 N–H and O–H groups in total. The van der Waals surface area contributed by atoms with Crippen LogP contribution in [0.25, 0.3) is 0 Å². The van der Waals surface area contributed by atoms with Gasteiger partial charge >= 0.3 is 0 Å². The van der Waals surface area contributed by atoms with E-state index in [0.29, 0.717) is 0 Å². The van der Waals surface area contributed by atoms with E-state index in [-0.39, 0.29) is 11.2 Å². The van der Waals surface area contributed by atoms with Crippen LogP contribution in [0.4, 0.5) is 5.69 Å². The molecule has 1 aliphatic heterocycles. The van der Waals surface area contributed by atoms with Gasteiger partial charge in [-0.25, -0.2) is 0 Å². The summed E-state index contributed by atoms with van der Waals surface area (Å²) in [5.74, 6) is 0.907. The van der Waals surface area contributed by atoms with Gasteiger partial charge in [-0.05, 0) is 36.2 Å². The highest BCUT2D eigenvalue weighted by Gasteiger charge is 2.26. The number of para-hydroxylation sites is 1. The normalized spacial score (nSPS) is 17.2. The largest absolute Gasteiger partial charge is 0.497 e. The summed E-state index contributed by atoms with van der Waals surface area (Å²) < 4.78 is 5.14. The summed E-state index contributed by atoms with van der Waals surface area (Å²) in [4.78, 5) is 13.3. The van der Waals surface area contributed by atoms with Crippen LogP contribution in [0.3, 0.4) is 0 Å². The maximum Gasteiger partial charge on any atom is 0.238 e. The highest BCUT2D eigenvalue weighted by atomic mass is 32.2. The minimum atomic E-state index is -0.0849. The van der Waals surface area contributed by atoms with Gasteiger partial charge in [0.05, 0.1) is 18.0 Å². The van der Waals surface area contributed by atoms with Crippen molar-refractivity contribution in [2.75, 3.05) is 12.4 Å². The summed E-state index contributed by atoms with van der Waals surface area (Å²) in [7, 11) is 1.65. The van der Waals surface area contributed by atoms with Gasteiger partial charge in [-0.1, -0.05) is 24.3 Å². The van der Waals surface area contributed by atoms with Crippen molar-refractivity contribution in [1.82, 2.24) is 0 Å². The molecule has 0 saturated heterocycles. The first kappa shape index (κ1) is 13.1. The number of benzene rings is 2. The Morgan fingerprint density at radius 1 is 1.15 bits per heavy atom. The van der Waals surface area contributed by atoms with Crippen molar-refractivity contribution in [2.45, 2.75) is 16.6 Å². The lowest BCUT2D eigenvalue weighted by Crippen LogP contribution is -2.30. The number of amides is 1. The molecule has 0 aromatic heterocycles. The molecule has 20 heavy (non-hydrogen) atoms. The Bertz CT molecular complexity index is 625. The third-order valence-corrected chi connectivity index (χ3v) is 4.56. The number of carbonyl (C=O) groups is 1. The predicted molar refractivity (Wildman–Crippen MR) is 81.4 cm³/mol. The Kier molecular flexibility index (Phi) is 3.65. The van der Waals surface area contributed by atoms with Crippen molar-refractivity contribution in [3.63, 3.8) is 0 Å². The van der Waals surface area contributed by atoms with Gasteiger partial charge in [0.1, 0.15) is 5.75 Å². The quantitative estimate of drug-likeness (QED) is 0.940. The van der Waals surface area contributed by atoms with E-state index in [2.05, 4.69) is 5.32 Å². The molecule has 1 unspecified atom stereocenters. The van der Waals surface area contributed by atoms with Crippen LogP contribution in [0, 0.1) is 0 Å². The minimum Gasteiger partial charge on any atom is -0.497 e. The smallest absolute Gasteiger partial charge is 0.238 e. The molecule has 2 aromatic rings. The van der Waals surface area contributed by atoms with Crippen LogP contribution < -0.4 is 10.1 Å². The number of rotatable bonds is 3. The van der Waals surface area contributed by atoms with Gasteiger partial charge in [0, 0.05) is 4.90 Å². The summed E-state index contributed by atoms with van der Waals surface area (Å²) in [5.41, 5.74) is 2.05. The minimum absolute atomic E-state index is 0.0736. The first-order valence-corrected chi connectivity index (χ1v) is 7.34. The van der Waals surface area contributed by atoms with Gasteiger partial charge in [-0.3, -0.25) is 4.79 Å². The average Bonchev–Trinajstić information content (AvgIpc) is 2.49. The van der Waals surface area contributed by atoms with E-state index < -0.39 is 0 Å². The highest BCUT2D eigenvalue weighted by Crippen LogP contribution is 2.36. The molecule has 1 atom stereocenters. The fourth-order valence-electron chi connectivity index (χ4n) is 2.20. The van der Waals surface area contributed by atoms with Crippen molar-refractivity contribution in [3.8, 4) is 5.75 Å². The number of thioether (sulfide) groups is 1. The number of hydrogen-bond donors (Lipinski definition) is 1. The van der Waals surface area contributed by atoms with E-state index in [9.17, 15) is 4.79 Å². The predicted octanol–water partition coefficient (Wildman–Crippen LogP) is 3.35. The zero-order valence-corrected chi connectivity index (χ0v) is 11.9. The fraction of sp³-hybridized carbons (Fsp3) is 0.188. The van der Waals surface area contributed by atoms with Crippen molar-refractivity contribution >= 4 is 23.4 Å².